The average molecular weight is 457 g/mol. The molecule has 0 fully saturated rings. The van der Waals surface area contributed by atoms with Crippen LogP contribution in [0, 0.1) is 0 Å². The molecule has 0 aromatic heterocycles. The predicted octanol–water partition coefficient (Wildman–Crippen LogP) is 3.27. The third-order valence-electron chi connectivity index (χ3n) is 1.79. The van der Waals surface area contributed by atoms with E-state index in [9.17, 15) is 4.79 Å². The molecule has 17 heavy (non-hydrogen) atoms. The van der Waals surface area contributed by atoms with Crippen LogP contribution in [0.3, 0.4) is 0 Å². The molecule has 0 bridgehead atoms. The van der Waals surface area contributed by atoms with E-state index in [0.717, 1.165) is 0 Å². The summed E-state index contributed by atoms with van der Waals surface area (Å²) < 4.78 is 0. The molecule has 1 amide bonds. The Labute approximate surface area is 117 Å². The Kier molecular flexibility index (Phi) is 10.9. The number of amides is 1. The van der Waals surface area contributed by atoms with Crippen molar-refractivity contribution in [3.63, 3.8) is 0 Å². The minimum Gasteiger partial charge on any atom is -0.679 e. The number of hydrogen-bond acceptors (Lipinski definition) is 1. The molecule has 0 aliphatic heterocycles. The molecule has 1 rings (SSSR count). The largest absolute Gasteiger partial charge is 0.679 e. The fourth-order valence-electron chi connectivity index (χ4n) is 0.980. The zero-order valence-electron chi connectivity index (χ0n) is 8.86. The monoisotopic (exact) mass is 456 g/mol. The number of rotatable bonds is 4. The van der Waals surface area contributed by atoms with Gasteiger partial charge in [0, 0.05) is 5.56 Å². The molecule has 3 N–H and O–H groups in total. The fraction of sp³-hybridized carbons (Fsp3) is 0.300. The van der Waals surface area contributed by atoms with Crippen molar-refractivity contribution in [2.45, 2.75) is 6.04 Å². The van der Waals surface area contributed by atoms with Crippen LogP contribution in [0.2, 0.25) is 0 Å². The zero-order valence-corrected chi connectivity index (χ0v) is 12.6. The smallest absolute Gasteiger partial charge is 0.251 e. The van der Waals surface area contributed by atoms with Gasteiger partial charge in [0.1, 0.15) is 0 Å². The summed E-state index contributed by atoms with van der Waals surface area (Å²) in [5.74, 6) is -0.184. The zero-order chi connectivity index (χ0) is 13.1. The van der Waals surface area contributed by atoms with Crippen molar-refractivity contribution in [1.29, 1.82) is 0 Å². The van der Waals surface area contributed by atoms with Crippen molar-refractivity contribution in [3.8, 4) is 0 Å². The van der Waals surface area contributed by atoms with Crippen molar-refractivity contribution in [2.75, 3.05) is 13.1 Å². The van der Waals surface area contributed by atoms with E-state index < -0.39 is 22.5 Å². The molecule has 1 aromatic carbocycles. The third-order valence-corrected chi connectivity index (χ3v) is 1.79. The molecule has 0 radical (unpaired) electrons. The van der Waals surface area contributed by atoms with Crippen LogP contribution in [0.25, 0.3) is 11.5 Å². The van der Waals surface area contributed by atoms with Gasteiger partial charge in [-0.05, 0) is 18.7 Å². The van der Waals surface area contributed by atoms with Gasteiger partial charge in [-0.25, -0.2) is 0 Å². The van der Waals surface area contributed by atoms with E-state index in [1.807, 2.05) is 6.07 Å². The van der Waals surface area contributed by atoms with Gasteiger partial charge in [0.25, 0.3) is 5.91 Å². The van der Waals surface area contributed by atoms with Crippen LogP contribution >= 0.6 is 18.8 Å². The Morgan fingerprint density at radius 1 is 1.35 bits per heavy atom. The fourth-order valence-corrected chi connectivity index (χ4v) is 0.980. The van der Waals surface area contributed by atoms with Crippen molar-refractivity contribution < 1.29 is 21.3 Å². The standard InChI is InChI=1S/C10H13N3O.2ClH.Pt/c11-6-9(12)7-13-10(14)8-4-2-1-3-5-8;;;/h1-5,9,11-12H,6-7H2,(H,13,14);2*1H;/q-2;;;+4/p-2. The molecule has 0 aliphatic rings. The predicted molar refractivity (Wildman–Crippen MR) is 67.8 cm³/mol. The first-order chi connectivity index (χ1) is 8.15. The minimum absolute atomic E-state index is 0.00900. The van der Waals surface area contributed by atoms with E-state index in [0.29, 0.717) is 5.56 Å². The van der Waals surface area contributed by atoms with Gasteiger partial charge in [-0.2, -0.15) is 6.54 Å². The third kappa shape index (κ3) is 8.58. The Morgan fingerprint density at radius 3 is 2.35 bits per heavy atom. The molecule has 0 heterocycles. The molecule has 0 aliphatic carbocycles. The number of halogens is 2. The molecule has 7 heteroatoms. The summed E-state index contributed by atoms with van der Waals surface area (Å²) in [7, 11) is 9.75. The first-order valence-electron chi connectivity index (χ1n) is 4.67. The molecule has 0 spiro atoms. The van der Waals surface area contributed by atoms with Crippen molar-refractivity contribution in [2.24, 2.45) is 0 Å². The Balaban J connectivity index is 0.000000770. The van der Waals surface area contributed by atoms with Gasteiger partial charge >= 0.3 is 35.3 Å². The summed E-state index contributed by atoms with van der Waals surface area (Å²) in [6, 6.07) is 8.31. The Hall–Kier alpha value is -0.122. The molecular weight excluding hydrogens is 444 g/mol. The maximum absolute atomic E-state index is 11.4. The molecule has 1 atom stereocenters. The van der Waals surface area contributed by atoms with Gasteiger partial charge in [0.05, 0.1) is 0 Å². The van der Waals surface area contributed by atoms with E-state index >= 15 is 0 Å². The summed E-state index contributed by atoms with van der Waals surface area (Å²) in [5, 5.41) is 2.60. The van der Waals surface area contributed by atoms with Crippen LogP contribution in [-0.4, -0.2) is 25.0 Å². The second-order valence-corrected chi connectivity index (χ2v) is 6.31. The number of benzene rings is 1. The van der Waals surface area contributed by atoms with Crippen molar-refractivity contribution in [3.05, 3.63) is 47.4 Å². The topological polar surface area (TPSA) is 76.7 Å². The second-order valence-electron chi connectivity index (χ2n) is 3.02. The van der Waals surface area contributed by atoms with Crippen molar-refractivity contribution in [1.82, 2.24) is 5.32 Å². The van der Waals surface area contributed by atoms with Crippen LogP contribution in [0.1, 0.15) is 10.4 Å². The summed E-state index contributed by atoms with van der Waals surface area (Å²) >= 11 is -0.472. The van der Waals surface area contributed by atoms with Gasteiger partial charge in [-0.15, -0.1) is 6.04 Å². The average Bonchev–Trinajstić information content (AvgIpc) is 2.37. The molecule has 98 valence electrons. The summed E-state index contributed by atoms with van der Waals surface area (Å²) in [6.07, 6.45) is 0. The van der Waals surface area contributed by atoms with E-state index in [1.165, 1.54) is 0 Å². The molecule has 0 saturated heterocycles. The second kappa shape index (κ2) is 11.0. The van der Waals surface area contributed by atoms with Gasteiger partial charge in [0.15, 0.2) is 0 Å². The molecule has 1 unspecified atom stereocenters. The molecule has 4 nitrogen and oxygen atoms in total. The number of nitrogens with one attached hydrogen (secondary N) is 3. The summed E-state index contributed by atoms with van der Waals surface area (Å²) in [4.78, 5) is 11.4. The van der Waals surface area contributed by atoms with Crippen LogP contribution in [0.15, 0.2) is 30.3 Å². The Bertz CT molecular complexity index is 314. The maximum Gasteiger partial charge on any atom is 0.251 e. The molecule has 1 aromatic rings. The van der Waals surface area contributed by atoms with Crippen LogP contribution in [-0.2, 0) is 16.5 Å². The minimum atomic E-state index is -0.539. The van der Waals surface area contributed by atoms with E-state index in [2.05, 4.69) is 5.32 Å². The normalized spacial score (nSPS) is 11.3. The number of carbonyl (C=O) groups excluding carboxylic acids is 1. The van der Waals surface area contributed by atoms with Gasteiger partial charge in [-0.1, -0.05) is 18.2 Å². The van der Waals surface area contributed by atoms with Gasteiger partial charge in [0.2, 0.25) is 0 Å². The SMILES string of the molecule is [Cl][Pt+2][Cl].[NH-]CC([NH-])CNC(=O)c1ccccc1. The number of hydrogen-bond donors (Lipinski definition) is 1. The van der Waals surface area contributed by atoms with Gasteiger partial charge < -0.3 is 16.8 Å². The van der Waals surface area contributed by atoms with E-state index in [1.54, 1.807) is 24.3 Å². The quantitative estimate of drug-likeness (QED) is 0.741. The van der Waals surface area contributed by atoms with Crippen LogP contribution in [0.4, 0.5) is 0 Å². The van der Waals surface area contributed by atoms with Crippen LogP contribution < -0.4 is 5.32 Å². The first kappa shape index (κ1) is 16.9. The van der Waals surface area contributed by atoms with E-state index in [4.69, 9.17) is 30.3 Å². The summed E-state index contributed by atoms with van der Waals surface area (Å²) in [6.45, 7) is 0.242. The van der Waals surface area contributed by atoms with Crippen molar-refractivity contribution >= 4 is 24.7 Å². The Morgan fingerprint density at radius 2 is 1.88 bits per heavy atom. The first-order valence-corrected chi connectivity index (χ1v) is 10.3. The maximum atomic E-state index is 11.4. The summed E-state index contributed by atoms with van der Waals surface area (Å²) in [5.41, 5.74) is 14.8. The number of carbonyl (C=O) groups is 1. The van der Waals surface area contributed by atoms with Gasteiger partial charge in [-0.3, -0.25) is 4.79 Å². The van der Waals surface area contributed by atoms with Crippen LogP contribution in [0.5, 0.6) is 0 Å². The molecule has 0 saturated carbocycles. The molecular formula is C10H13Cl2N3OPt. The van der Waals surface area contributed by atoms with E-state index in [-0.39, 0.29) is 19.0 Å².